The van der Waals surface area contributed by atoms with Crippen molar-refractivity contribution in [2.24, 2.45) is 5.73 Å². The van der Waals surface area contributed by atoms with Crippen LogP contribution in [0.2, 0.25) is 0 Å². The van der Waals surface area contributed by atoms with Crippen LogP contribution in [0.25, 0.3) is 0 Å². The van der Waals surface area contributed by atoms with E-state index in [9.17, 15) is 10.1 Å². The Kier molecular flexibility index (Phi) is 9.18. The molecule has 0 saturated heterocycles. The smallest absolute Gasteiger partial charge is 0.352 e. The van der Waals surface area contributed by atoms with E-state index in [0.717, 1.165) is 18.4 Å². The Labute approximate surface area is 234 Å². The van der Waals surface area contributed by atoms with Crippen LogP contribution < -0.4 is 29.4 Å². The first-order chi connectivity index (χ1) is 19.4. The van der Waals surface area contributed by atoms with E-state index in [0.29, 0.717) is 41.8 Å². The predicted octanol–water partition coefficient (Wildman–Crippen LogP) is 6.03. The summed E-state index contributed by atoms with van der Waals surface area (Å²) in [5, 5.41) is 9.94. The summed E-state index contributed by atoms with van der Waals surface area (Å²) in [7, 11) is 0. The quantitative estimate of drug-likeness (QED) is 0.231. The van der Waals surface area contributed by atoms with Crippen molar-refractivity contribution in [3.63, 3.8) is 0 Å². The third-order valence-corrected chi connectivity index (χ3v) is 6.45. The first-order valence-corrected chi connectivity index (χ1v) is 13.5. The van der Waals surface area contributed by atoms with Crippen molar-refractivity contribution in [3.05, 3.63) is 88.8 Å². The molecule has 0 spiro atoms. The van der Waals surface area contributed by atoms with Gasteiger partial charge in [0.15, 0.2) is 17.6 Å². The van der Waals surface area contributed by atoms with Crippen molar-refractivity contribution < 1.29 is 28.5 Å². The number of carbonyl (C=O) groups excluding carboxylic acids is 1. The summed E-state index contributed by atoms with van der Waals surface area (Å²) in [6.45, 7) is 8.65. The maximum atomic E-state index is 12.8. The molecule has 1 aliphatic rings. The van der Waals surface area contributed by atoms with Crippen LogP contribution in [0.4, 0.5) is 0 Å². The molecule has 1 heterocycles. The Morgan fingerprint density at radius 2 is 1.75 bits per heavy atom. The molecule has 0 aromatic heterocycles. The number of nitrogens with zero attached hydrogens (tertiary/aromatic N) is 1. The molecular formula is C32H34N2O6. The van der Waals surface area contributed by atoms with Gasteiger partial charge in [0.25, 0.3) is 0 Å². The van der Waals surface area contributed by atoms with Crippen LogP contribution in [0.5, 0.6) is 28.7 Å². The minimum Gasteiger partial charge on any atom is -0.490 e. The highest BCUT2D eigenvalue weighted by Crippen LogP contribution is 2.45. The molecule has 0 fully saturated rings. The molecule has 0 aliphatic carbocycles. The zero-order chi connectivity index (χ0) is 28.6. The number of nitrogens with two attached hydrogens (primary N) is 1. The number of aryl methyl sites for hydroxylation is 1. The van der Waals surface area contributed by atoms with Crippen LogP contribution >= 0.6 is 0 Å². The SMILES string of the molecule is CCCOc1ccc(C2C(C#N)=C(N)Oc3cc(OC(=O)C(C)Oc4ccc(CC)cc4)ccc32)cc1OCC. The zero-order valence-corrected chi connectivity index (χ0v) is 23.2. The Morgan fingerprint density at radius 3 is 2.42 bits per heavy atom. The summed E-state index contributed by atoms with van der Waals surface area (Å²) < 4.78 is 28.8. The highest BCUT2D eigenvalue weighted by molar-refractivity contribution is 5.77. The van der Waals surface area contributed by atoms with Crippen molar-refractivity contribution >= 4 is 5.97 Å². The maximum Gasteiger partial charge on any atom is 0.352 e. The summed E-state index contributed by atoms with van der Waals surface area (Å²) in [4.78, 5) is 12.8. The van der Waals surface area contributed by atoms with E-state index in [1.54, 1.807) is 25.1 Å². The van der Waals surface area contributed by atoms with Gasteiger partial charge in [0.2, 0.25) is 5.88 Å². The molecule has 8 nitrogen and oxygen atoms in total. The Bertz CT molecular complexity index is 1420. The molecule has 8 heteroatoms. The van der Waals surface area contributed by atoms with Gasteiger partial charge in [-0.2, -0.15) is 5.26 Å². The summed E-state index contributed by atoms with van der Waals surface area (Å²) in [6.07, 6.45) is 0.946. The minimum atomic E-state index is -0.835. The highest BCUT2D eigenvalue weighted by atomic mass is 16.6. The number of esters is 1. The number of allylic oxidation sites excluding steroid dienone is 1. The van der Waals surface area contributed by atoms with Gasteiger partial charge in [-0.25, -0.2) is 4.79 Å². The van der Waals surface area contributed by atoms with Crippen LogP contribution in [0.3, 0.4) is 0 Å². The van der Waals surface area contributed by atoms with Gasteiger partial charge in [0.05, 0.1) is 19.1 Å². The topological polar surface area (TPSA) is 113 Å². The number of benzene rings is 3. The van der Waals surface area contributed by atoms with Crippen molar-refractivity contribution in [1.29, 1.82) is 5.26 Å². The Balaban J connectivity index is 1.58. The molecule has 2 atom stereocenters. The standard InChI is InChI=1S/C32H34N2O6/c1-5-16-37-27-15-10-22(17-29(27)36-7-3)30-25-14-13-24(18-28(25)40-31(34)26(30)19-33)39-32(35)20(4)38-23-11-8-21(6-2)9-12-23/h8-15,17-18,20,30H,5-7,16,34H2,1-4H3. The lowest BCUT2D eigenvalue weighted by molar-refractivity contribution is -0.141. The van der Waals surface area contributed by atoms with E-state index in [1.165, 1.54) is 5.56 Å². The molecule has 2 unspecified atom stereocenters. The van der Waals surface area contributed by atoms with E-state index >= 15 is 0 Å². The molecule has 0 radical (unpaired) electrons. The summed E-state index contributed by atoms with van der Waals surface area (Å²) in [6, 6.07) is 20.4. The highest BCUT2D eigenvalue weighted by Gasteiger charge is 2.32. The van der Waals surface area contributed by atoms with E-state index < -0.39 is 18.0 Å². The number of hydrogen-bond acceptors (Lipinski definition) is 8. The molecule has 1 aliphatic heterocycles. The lowest BCUT2D eigenvalue weighted by Crippen LogP contribution is -2.28. The third kappa shape index (κ3) is 6.32. The van der Waals surface area contributed by atoms with Gasteiger partial charge in [-0.1, -0.05) is 38.1 Å². The minimum absolute atomic E-state index is 0.0139. The molecule has 0 bridgehead atoms. The lowest BCUT2D eigenvalue weighted by atomic mass is 9.83. The summed E-state index contributed by atoms with van der Waals surface area (Å²) >= 11 is 0. The van der Waals surface area contributed by atoms with Crippen molar-refractivity contribution in [2.45, 2.75) is 52.6 Å². The van der Waals surface area contributed by atoms with E-state index in [2.05, 4.69) is 13.0 Å². The fourth-order valence-corrected chi connectivity index (χ4v) is 4.40. The van der Waals surface area contributed by atoms with E-state index in [1.807, 2.05) is 56.3 Å². The number of nitriles is 1. The molecule has 2 N–H and O–H groups in total. The number of ether oxygens (including phenoxy) is 5. The Morgan fingerprint density at radius 1 is 1.00 bits per heavy atom. The zero-order valence-electron chi connectivity index (χ0n) is 23.2. The molecule has 208 valence electrons. The fourth-order valence-electron chi connectivity index (χ4n) is 4.40. The number of hydrogen-bond donors (Lipinski definition) is 1. The number of rotatable bonds is 11. The normalized spacial score (nSPS) is 14.8. The van der Waals surface area contributed by atoms with Gasteiger partial charge in [0.1, 0.15) is 28.9 Å². The molecule has 40 heavy (non-hydrogen) atoms. The van der Waals surface area contributed by atoms with Crippen molar-refractivity contribution in [2.75, 3.05) is 13.2 Å². The van der Waals surface area contributed by atoms with Crippen molar-refractivity contribution in [1.82, 2.24) is 0 Å². The average Bonchev–Trinajstić information content (AvgIpc) is 2.96. The summed E-state index contributed by atoms with van der Waals surface area (Å²) in [5.41, 5.74) is 9.13. The average molecular weight is 543 g/mol. The largest absolute Gasteiger partial charge is 0.490 e. The van der Waals surface area contributed by atoms with E-state index in [4.69, 9.17) is 29.4 Å². The lowest BCUT2D eigenvalue weighted by Gasteiger charge is -2.27. The third-order valence-electron chi connectivity index (χ3n) is 6.45. The van der Waals surface area contributed by atoms with Crippen LogP contribution in [0.15, 0.2) is 72.1 Å². The van der Waals surface area contributed by atoms with Gasteiger partial charge >= 0.3 is 5.97 Å². The second-order valence-electron chi connectivity index (χ2n) is 9.29. The number of carbonyl (C=O) groups is 1. The van der Waals surface area contributed by atoms with Crippen LogP contribution in [-0.2, 0) is 11.2 Å². The summed E-state index contributed by atoms with van der Waals surface area (Å²) in [5.74, 6) is 1.38. The predicted molar refractivity (Wildman–Crippen MR) is 151 cm³/mol. The monoisotopic (exact) mass is 542 g/mol. The van der Waals surface area contributed by atoms with Crippen molar-refractivity contribution in [3.8, 4) is 34.8 Å². The first kappa shape index (κ1) is 28.4. The molecule has 3 aromatic carbocycles. The second-order valence-corrected chi connectivity index (χ2v) is 9.29. The second kappa shape index (κ2) is 12.9. The molecule has 0 saturated carbocycles. The van der Waals surface area contributed by atoms with E-state index in [-0.39, 0.29) is 17.2 Å². The van der Waals surface area contributed by atoms with Crippen LogP contribution in [0, 0.1) is 11.3 Å². The molecular weight excluding hydrogens is 508 g/mol. The first-order valence-electron chi connectivity index (χ1n) is 13.5. The van der Waals surface area contributed by atoms with Gasteiger partial charge in [-0.15, -0.1) is 0 Å². The fraction of sp³-hybridized carbons (Fsp3) is 0.312. The van der Waals surface area contributed by atoms with Gasteiger partial charge < -0.3 is 29.4 Å². The van der Waals surface area contributed by atoms with Gasteiger partial charge in [-0.3, -0.25) is 0 Å². The van der Waals surface area contributed by atoms with Crippen LogP contribution in [0.1, 0.15) is 56.7 Å². The number of fused-ring (bicyclic) bond motifs is 1. The van der Waals surface area contributed by atoms with Gasteiger partial charge in [-0.05, 0) is 68.1 Å². The molecule has 3 aromatic rings. The van der Waals surface area contributed by atoms with Crippen LogP contribution in [-0.4, -0.2) is 25.3 Å². The van der Waals surface area contributed by atoms with Gasteiger partial charge in [0, 0.05) is 11.6 Å². The Hall–Kier alpha value is -4.64. The maximum absolute atomic E-state index is 12.8. The molecule has 4 rings (SSSR count). The molecule has 0 amide bonds.